The smallest absolute Gasteiger partial charge is 0.258 e. The van der Waals surface area contributed by atoms with Gasteiger partial charge in [0.1, 0.15) is 16.8 Å². The summed E-state index contributed by atoms with van der Waals surface area (Å²) in [4.78, 5) is 19.9. The number of nitro groups is 2. The number of halogens is 3. The summed E-state index contributed by atoms with van der Waals surface area (Å²) in [5.41, 5.74) is -0.675. The molecule has 0 aromatic heterocycles. The maximum Gasteiger partial charge on any atom is 0.273 e. The number of sulfone groups is 2. The van der Waals surface area contributed by atoms with Crippen molar-refractivity contribution in [2.45, 2.75) is 15.5 Å². The fourth-order valence-corrected chi connectivity index (χ4v) is 5.47. The molecule has 0 spiro atoms. The van der Waals surface area contributed by atoms with E-state index in [4.69, 9.17) is 11.6 Å². The molecule has 0 saturated heterocycles. The second kappa shape index (κ2) is 14.9. The first-order valence-corrected chi connectivity index (χ1v) is 15.0. The van der Waals surface area contributed by atoms with Crippen LogP contribution in [0.1, 0.15) is 5.56 Å². The Balaban J connectivity index is 0.000000236. The van der Waals surface area contributed by atoms with Gasteiger partial charge in [0.05, 0.1) is 25.4 Å². The van der Waals surface area contributed by atoms with E-state index in [1.807, 2.05) is 0 Å². The van der Waals surface area contributed by atoms with Gasteiger partial charge in [0.15, 0.2) is 19.7 Å². The largest absolute Gasteiger partial charge is 0.273 e. The van der Waals surface area contributed by atoms with Gasteiger partial charge in [0.2, 0.25) is 0 Å². The van der Waals surface area contributed by atoms with Crippen LogP contribution in [0.4, 0.5) is 20.2 Å². The van der Waals surface area contributed by atoms with E-state index in [9.17, 15) is 45.8 Å². The Labute approximate surface area is 239 Å². The van der Waals surface area contributed by atoms with E-state index < -0.39 is 52.6 Å². The van der Waals surface area contributed by atoms with Gasteiger partial charge in [-0.3, -0.25) is 20.2 Å². The van der Waals surface area contributed by atoms with Gasteiger partial charge in [-0.05, 0) is 48.5 Å². The Morgan fingerprint density at radius 1 is 0.634 bits per heavy atom. The molecule has 4 aromatic carbocycles. The summed E-state index contributed by atoms with van der Waals surface area (Å²) in [6.45, 7) is 0. The molecule has 0 radical (unpaired) electrons. The summed E-state index contributed by atoms with van der Waals surface area (Å²) in [5, 5.41) is 20.5. The fraction of sp³-hybridized carbons (Fsp3) is 0.0769. The van der Waals surface area contributed by atoms with Crippen LogP contribution in [0.15, 0.2) is 113 Å². The molecule has 0 unspecified atom stereocenters. The van der Waals surface area contributed by atoms with E-state index >= 15 is 0 Å². The molecule has 41 heavy (non-hydrogen) atoms. The lowest BCUT2D eigenvalue weighted by molar-refractivity contribution is -0.385. The van der Waals surface area contributed by atoms with Crippen molar-refractivity contribution in [2.24, 2.45) is 0 Å². The van der Waals surface area contributed by atoms with Crippen LogP contribution in [0.25, 0.3) is 0 Å². The molecule has 0 atom stereocenters. The molecule has 0 fully saturated rings. The van der Waals surface area contributed by atoms with Crippen LogP contribution in [0.5, 0.6) is 0 Å². The van der Waals surface area contributed by atoms with Crippen LogP contribution in [0.3, 0.4) is 0 Å². The molecule has 0 amide bonds. The van der Waals surface area contributed by atoms with Gasteiger partial charge in [-0.15, -0.1) is 11.6 Å². The summed E-state index contributed by atoms with van der Waals surface area (Å²) in [6, 6.07) is 22.8. The topological polar surface area (TPSA) is 155 Å². The van der Waals surface area contributed by atoms with Crippen molar-refractivity contribution in [1.82, 2.24) is 0 Å². The van der Waals surface area contributed by atoms with Crippen LogP contribution in [0, 0.1) is 31.9 Å². The SMILES string of the molecule is O=S(=O)(CCl)c1ccccc1.O=[N+]([O-])c1ccc(F)cc1.O=[N+]([O-])c1ccc(F)cc1CS(=O)(=O)c1ccccc1. The third-order valence-corrected chi connectivity index (χ3v) is 8.79. The monoisotopic (exact) mass is 626 g/mol. The average Bonchev–Trinajstić information content (AvgIpc) is 2.94. The third-order valence-electron chi connectivity index (χ3n) is 4.97. The van der Waals surface area contributed by atoms with E-state index in [-0.39, 0.29) is 26.3 Å². The number of alkyl halides is 1. The van der Waals surface area contributed by atoms with Crippen molar-refractivity contribution >= 4 is 42.7 Å². The van der Waals surface area contributed by atoms with Crippen molar-refractivity contribution in [1.29, 1.82) is 0 Å². The molecule has 216 valence electrons. The number of hydrogen-bond acceptors (Lipinski definition) is 8. The predicted octanol–water partition coefficient (Wildman–Crippen LogP) is 6.10. The van der Waals surface area contributed by atoms with Crippen molar-refractivity contribution in [3.05, 3.63) is 141 Å². The summed E-state index contributed by atoms with van der Waals surface area (Å²) in [7, 11) is -6.99. The molecular weight excluding hydrogens is 606 g/mol. The van der Waals surface area contributed by atoms with Crippen molar-refractivity contribution in [3.8, 4) is 0 Å². The molecule has 0 aliphatic carbocycles. The highest BCUT2D eigenvalue weighted by Crippen LogP contribution is 2.24. The van der Waals surface area contributed by atoms with Crippen LogP contribution in [-0.4, -0.2) is 31.9 Å². The molecule has 0 bridgehead atoms. The Morgan fingerprint density at radius 2 is 1.10 bits per heavy atom. The normalized spacial score (nSPS) is 10.8. The highest BCUT2D eigenvalue weighted by atomic mass is 35.5. The first-order chi connectivity index (χ1) is 19.3. The maximum absolute atomic E-state index is 13.2. The molecule has 15 heteroatoms. The van der Waals surface area contributed by atoms with Gasteiger partial charge in [-0.25, -0.2) is 25.6 Å². The Morgan fingerprint density at radius 3 is 1.54 bits per heavy atom. The molecule has 10 nitrogen and oxygen atoms in total. The van der Waals surface area contributed by atoms with Gasteiger partial charge in [0, 0.05) is 23.8 Å². The number of nitrogens with zero attached hydrogens (tertiary/aromatic N) is 2. The van der Waals surface area contributed by atoms with Crippen molar-refractivity contribution in [3.63, 3.8) is 0 Å². The minimum Gasteiger partial charge on any atom is -0.258 e. The number of non-ortho nitro benzene ring substituents is 1. The zero-order chi connectivity index (χ0) is 30.6. The van der Waals surface area contributed by atoms with Crippen molar-refractivity contribution < 1.29 is 35.5 Å². The lowest BCUT2D eigenvalue weighted by Gasteiger charge is -2.05. The number of nitro benzene ring substituents is 2. The summed E-state index contributed by atoms with van der Waals surface area (Å²) >= 11 is 5.24. The van der Waals surface area contributed by atoms with Gasteiger partial charge in [0.25, 0.3) is 11.4 Å². The summed E-state index contributed by atoms with van der Waals surface area (Å²) in [6.07, 6.45) is 0. The second-order valence-corrected chi connectivity index (χ2v) is 12.4. The molecule has 0 N–H and O–H groups in total. The number of rotatable bonds is 7. The van der Waals surface area contributed by atoms with Crippen LogP contribution in [0.2, 0.25) is 0 Å². The minimum atomic E-state index is -3.76. The fourth-order valence-electron chi connectivity index (χ4n) is 3.02. The van der Waals surface area contributed by atoms with Crippen LogP contribution >= 0.6 is 11.6 Å². The summed E-state index contributed by atoms with van der Waals surface area (Å²) in [5.74, 6) is -1.80. The first-order valence-electron chi connectivity index (χ1n) is 11.2. The summed E-state index contributed by atoms with van der Waals surface area (Å²) < 4.78 is 71.7. The lowest BCUT2D eigenvalue weighted by atomic mass is 10.2. The molecule has 0 aliphatic rings. The Kier molecular flexibility index (Phi) is 12.0. The Hall–Kier alpha value is -4.27. The standard InChI is InChI=1S/C13H10FNO4S.C7H7ClO2S.C6H4FNO2/c14-11-6-7-13(15(16)17)10(8-11)9-20(18,19)12-4-2-1-3-5-12;8-6-11(9,10)7-4-2-1-3-5-7;7-5-1-3-6(4-2-5)8(9)10/h1-8H,9H2;1-5H,6H2;1-4H. The van der Waals surface area contributed by atoms with Crippen LogP contribution in [-0.2, 0) is 25.4 Å². The number of hydrogen-bond donors (Lipinski definition) is 0. The van der Waals surface area contributed by atoms with Gasteiger partial charge < -0.3 is 0 Å². The molecule has 4 aromatic rings. The molecule has 0 saturated carbocycles. The van der Waals surface area contributed by atoms with Gasteiger partial charge in [-0.2, -0.15) is 0 Å². The molecule has 4 rings (SSSR count). The zero-order valence-corrected chi connectivity index (χ0v) is 23.2. The molecule has 0 heterocycles. The van der Waals surface area contributed by atoms with Crippen LogP contribution < -0.4 is 0 Å². The van der Waals surface area contributed by atoms with E-state index in [0.717, 1.165) is 42.5 Å². The minimum absolute atomic E-state index is 0.0403. The maximum atomic E-state index is 13.2. The van der Waals surface area contributed by atoms with E-state index in [0.29, 0.717) is 0 Å². The van der Waals surface area contributed by atoms with Crippen molar-refractivity contribution in [2.75, 3.05) is 5.21 Å². The van der Waals surface area contributed by atoms with E-state index in [1.54, 1.807) is 36.4 Å². The first kappa shape index (κ1) is 32.9. The number of benzene rings is 4. The van der Waals surface area contributed by atoms with E-state index in [2.05, 4.69) is 0 Å². The Bertz CT molecular complexity index is 1690. The van der Waals surface area contributed by atoms with E-state index in [1.165, 1.54) is 24.3 Å². The molecule has 0 aliphatic heterocycles. The predicted molar refractivity (Wildman–Crippen MR) is 148 cm³/mol. The quantitative estimate of drug-likeness (QED) is 0.135. The average molecular weight is 627 g/mol. The van der Waals surface area contributed by atoms with Gasteiger partial charge >= 0.3 is 0 Å². The molecular formula is C26H21ClF2N2O8S2. The highest BCUT2D eigenvalue weighted by molar-refractivity contribution is 7.92. The zero-order valence-electron chi connectivity index (χ0n) is 20.8. The highest BCUT2D eigenvalue weighted by Gasteiger charge is 2.22. The third kappa shape index (κ3) is 10.3. The lowest BCUT2D eigenvalue weighted by Crippen LogP contribution is -2.07. The van der Waals surface area contributed by atoms with Gasteiger partial charge in [-0.1, -0.05) is 36.4 Å². The second-order valence-electron chi connectivity index (χ2n) is 7.87.